The number of hydrogen-bond donors (Lipinski definition) is 0. The normalized spacial score (nSPS) is 13.5. The third kappa shape index (κ3) is 3.63. The molecule has 0 bridgehead atoms. The average Bonchev–Trinajstić information content (AvgIpc) is 3.13. The van der Waals surface area contributed by atoms with Gasteiger partial charge in [-0.25, -0.2) is 9.37 Å². The van der Waals surface area contributed by atoms with Crippen LogP contribution in [0, 0.1) is 5.82 Å². The van der Waals surface area contributed by atoms with E-state index in [4.69, 9.17) is 4.98 Å². The van der Waals surface area contributed by atoms with Crippen molar-refractivity contribution in [1.82, 2.24) is 9.55 Å². The quantitative estimate of drug-likeness (QED) is 0.236. The number of nitrogens with zero attached hydrogens (tertiary/aromatic N) is 2. The van der Waals surface area contributed by atoms with Gasteiger partial charge in [0.15, 0.2) is 5.16 Å². The van der Waals surface area contributed by atoms with Crippen LogP contribution in [0.1, 0.15) is 28.8 Å². The lowest BCUT2D eigenvalue weighted by molar-refractivity contribution is 0.617. The number of aromatic nitrogens is 2. The highest BCUT2D eigenvalue weighted by atomic mass is 79.9. The van der Waals surface area contributed by atoms with E-state index in [2.05, 4.69) is 15.9 Å². The minimum Gasteiger partial charge on any atom is -0.268 e. The van der Waals surface area contributed by atoms with Crippen LogP contribution in [0.15, 0.2) is 63.0 Å². The topological polar surface area (TPSA) is 34.9 Å². The van der Waals surface area contributed by atoms with Crippen LogP contribution in [0.5, 0.6) is 0 Å². The molecular formula is C23H18BrFN2OS2. The first kappa shape index (κ1) is 20.0. The molecule has 152 valence electrons. The molecule has 0 radical (unpaired) electrons. The van der Waals surface area contributed by atoms with Crippen molar-refractivity contribution < 1.29 is 4.39 Å². The third-order valence-electron chi connectivity index (χ3n) is 5.36. The summed E-state index contributed by atoms with van der Waals surface area (Å²) in [5.41, 5.74) is 2.52. The standard InChI is InChI=1S/C23H18BrFN2OS2/c24-15-9-11-16(12-10-15)27-22(28)20-17-6-2-4-8-19(17)30-21(20)26-23(27)29-13-14-5-1-3-7-18(14)25/h1,3,5,7,9-12H,2,4,6,8,13H2. The summed E-state index contributed by atoms with van der Waals surface area (Å²) in [5.74, 6) is 0.168. The number of halogens is 2. The Labute approximate surface area is 190 Å². The van der Waals surface area contributed by atoms with Gasteiger partial charge in [0.05, 0.1) is 11.1 Å². The molecule has 0 N–H and O–H groups in total. The minimum absolute atomic E-state index is 0.0299. The van der Waals surface area contributed by atoms with Crippen molar-refractivity contribution in [1.29, 1.82) is 0 Å². The number of thioether (sulfide) groups is 1. The summed E-state index contributed by atoms with van der Waals surface area (Å²) in [7, 11) is 0. The van der Waals surface area contributed by atoms with Crippen molar-refractivity contribution in [3.05, 3.63) is 85.2 Å². The lowest BCUT2D eigenvalue weighted by Gasteiger charge is -2.14. The summed E-state index contributed by atoms with van der Waals surface area (Å²) >= 11 is 6.49. The molecule has 2 heterocycles. The molecule has 0 fully saturated rings. The highest BCUT2D eigenvalue weighted by Gasteiger charge is 2.23. The van der Waals surface area contributed by atoms with Gasteiger partial charge >= 0.3 is 0 Å². The Hall–Kier alpha value is -1.96. The van der Waals surface area contributed by atoms with Crippen molar-refractivity contribution >= 4 is 49.2 Å². The molecule has 0 spiro atoms. The zero-order valence-corrected chi connectivity index (χ0v) is 19.2. The summed E-state index contributed by atoms with van der Waals surface area (Å²) in [6.07, 6.45) is 4.23. The molecule has 5 rings (SSSR count). The SMILES string of the molecule is O=c1c2c3c(sc2nc(SCc2ccccc2F)n1-c1ccc(Br)cc1)CCCC3. The monoisotopic (exact) mass is 500 g/mol. The van der Waals surface area contributed by atoms with Gasteiger partial charge in [-0.1, -0.05) is 45.9 Å². The molecule has 1 aliphatic rings. The van der Waals surface area contributed by atoms with E-state index < -0.39 is 0 Å². The van der Waals surface area contributed by atoms with E-state index in [1.807, 2.05) is 30.3 Å². The molecule has 4 aromatic rings. The van der Waals surface area contributed by atoms with Gasteiger partial charge in [0.1, 0.15) is 10.6 Å². The van der Waals surface area contributed by atoms with Gasteiger partial charge in [-0.15, -0.1) is 11.3 Å². The minimum atomic E-state index is -0.241. The second-order valence-electron chi connectivity index (χ2n) is 7.28. The summed E-state index contributed by atoms with van der Waals surface area (Å²) in [5, 5.41) is 1.35. The van der Waals surface area contributed by atoms with Gasteiger partial charge < -0.3 is 0 Å². The number of benzene rings is 2. The molecule has 30 heavy (non-hydrogen) atoms. The Bertz CT molecular complexity index is 1300. The second-order valence-corrected chi connectivity index (χ2v) is 10.2. The lowest BCUT2D eigenvalue weighted by Crippen LogP contribution is -2.22. The summed E-state index contributed by atoms with van der Waals surface area (Å²) in [6, 6.07) is 14.4. The van der Waals surface area contributed by atoms with Crippen molar-refractivity contribution in [2.45, 2.75) is 36.6 Å². The fraction of sp³-hybridized carbons (Fsp3) is 0.217. The zero-order valence-electron chi connectivity index (χ0n) is 16.0. The maximum absolute atomic E-state index is 14.1. The smallest absolute Gasteiger partial charge is 0.267 e. The van der Waals surface area contributed by atoms with Gasteiger partial charge in [0.25, 0.3) is 5.56 Å². The molecular weight excluding hydrogens is 483 g/mol. The molecule has 0 amide bonds. The van der Waals surface area contributed by atoms with Crippen molar-refractivity contribution in [2.24, 2.45) is 0 Å². The maximum atomic E-state index is 14.1. The molecule has 0 saturated carbocycles. The third-order valence-corrected chi connectivity index (χ3v) is 8.06. The number of rotatable bonds is 4. The first-order chi connectivity index (χ1) is 14.6. The van der Waals surface area contributed by atoms with Gasteiger partial charge in [-0.2, -0.15) is 0 Å². The van der Waals surface area contributed by atoms with Crippen LogP contribution in [0.3, 0.4) is 0 Å². The van der Waals surface area contributed by atoms with Crippen LogP contribution in [-0.2, 0) is 18.6 Å². The highest BCUT2D eigenvalue weighted by molar-refractivity contribution is 9.10. The van der Waals surface area contributed by atoms with Crippen LogP contribution in [-0.4, -0.2) is 9.55 Å². The van der Waals surface area contributed by atoms with Crippen molar-refractivity contribution in [3.8, 4) is 5.69 Å². The molecule has 0 saturated heterocycles. The first-order valence-electron chi connectivity index (χ1n) is 9.81. The summed E-state index contributed by atoms with van der Waals surface area (Å²) in [4.78, 5) is 20.7. The molecule has 7 heteroatoms. The summed E-state index contributed by atoms with van der Waals surface area (Å²) in [6.45, 7) is 0. The van der Waals surface area contributed by atoms with Crippen LogP contribution in [0.25, 0.3) is 15.9 Å². The Morgan fingerprint density at radius 1 is 1.10 bits per heavy atom. The average molecular weight is 501 g/mol. The van der Waals surface area contributed by atoms with Crippen molar-refractivity contribution in [3.63, 3.8) is 0 Å². The molecule has 0 unspecified atom stereocenters. The maximum Gasteiger partial charge on any atom is 0.267 e. The number of hydrogen-bond acceptors (Lipinski definition) is 4. The van der Waals surface area contributed by atoms with E-state index in [0.717, 1.165) is 46.1 Å². The predicted octanol–water partition coefficient (Wildman–Crippen LogP) is 6.52. The Morgan fingerprint density at radius 3 is 2.67 bits per heavy atom. The fourth-order valence-corrected chi connectivity index (χ4v) is 6.42. The number of thiophene rings is 1. The van der Waals surface area contributed by atoms with E-state index in [0.29, 0.717) is 16.5 Å². The predicted molar refractivity (Wildman–Crippen MR) is 126 cm³/mol. The van der Waals surface area contributed by atoms with E-state index in [1.165, 1.54) is 28.3 Å². The Balaban J connectivity index is 1.67. The van der Waals surface area contributed by atoms with E-state index in [1.54, 1.807) is 28.0 Å². The van der Waals surface area contributed by atoms with E-state index in [-0.39, 0.29) is 11.4 Å². The highest BCUT2D eigenvalue weighted by Crippen LogP contribution is 2.35. The molecule has 0 atom stereocenters. The lowest BCUT2D eigenvalue weighted by atomic mass is 9.97. The fourth-order valence-electron chi connectivity index (χ4n) is 3.86. The zero-order chi connectivity index (χ0) is 20.7. The van der Waals surface area contributed by atoms with Crippen LogP contribution >= 0.6 is 39.0 Å². The van der Waals surface area contributed by atoms with Crippen LogP contribution in [0.2, 0.25) is 0 Å². The molecule has 2 aromatic heterocycles. The summed E-state index contributed by atoms with van der Waals surface area (Å²) < 4.78 is 16.8. The molecule has 2 aromatic carbocycles. The second kappa shape index (κ2) is 8.29. The number of fused-ring (bicyclic) bond motifs is 3. The van der Waals surface area contributed by atoms with Gasteiger partial charge in [-0.3, -0.25) is 9.36 Å². The Kier molecular flexibility index (Phi) is 5.52. The van der Waals surface area contributed by atoms with E-state index >= 15 is 0 Å². The first-order valence-corrected chi connectivity index (χ1v) is 12.4. The Morgan fingerprint density at radius 2 is 1.87 bits per heavy atom. The van der Waals surface area contributed by atoms with Gasteiger partial charge in [-0.05, 0) is 67.1 Å². The van der Waals surface area contributed by atoms with Crippen molar-refractivity contribution in [2.75, 3.05) is 0 Å². The van der Waals surface area contributed by atoms with Crippen LogP contribution in [0.4, 0.5) is 4.39 Å². The molecule has 3 nitrogen and oxygen atoms in total. The van der Waals surface area contributed by atoms with Gasteiger partial charge in [0.2, 0.25) is 0 Å². The molecule has 1 aliphatic carbocycles. The van der Waals surface area contributed by atoms with E-state index in [9.17, 15) is 9.18 Å². The van der Waals surface area contributed by atoms with Crippen LogP contribution < -0.4 is 5.56 Å². The molecule has 0 aliphatic heterocycles. The largest absolute Gasteiger partial charge is 0.268 e. The van der Waals surface area contributed by atoms with Gasteiger partial charge in [0, 0.05) is 15.1 Å². The number of aryl methyl sites for hydroxylation is 2.